The van der Waals surface area contributed by atoms with Gasteiger partial charge in [-0.2, -0.15) is 0 Å². The maximum Gasteiger partial charge on any atom is 0.101 e. The third-order valence-electron chi connectivity index (χ3n) is 6.13. The fourth-order valence-electron chi connectivity index (χ4n) is 5.23. The van der Waals surface area contributed by atoms with Crippen molar-refractivity contribution in [3.8, 4) is 0 Å². The first-order chi connectivity index (χ1) is 6.82. The summed E-state index contributed by atoms with van der Waals surface area (Å²) in [6, 6.07) is 0. The van der Waals surface area contributed by atoms with Gasteiger partial charge >= 0.3 is 0 Å². The maximum absolute atomic E-state index is 6.24. The Labute approximate surface area is 92.6 Å². The molecule has 4 aliphatic rings. The Morgan fingerprint density at radius 2 is 1.67 bits per heavy atom. The molecule has 0 N–H and O–H groups in total. The van der Waals surface area contributed by atoms with Crippen molar-refractivity contribution in [1.82, 2.24) is 0 Å². The topological polar surface area (TPSA) is 12.5 Å². The normalized spacial score (nSPS) is 64.4. The minimum atomic E-state index is 0.295. The monoisotopic (exact) mass is 206 g/mol. The van der Waals surface area contributed by atoms with Gasteiger partial charge in [-0.3, -0.25) is 0 Å². The summed E-state index contributed by atoms with van der Waals surface area (Å²) in [6.07, 6.45) is 5.58. The van der Waals surface area contributed by atoms with Gasteiger partial charge in [0.1, 0.15) is 5.60 Å². The largest absolute Gasteiger partial charge is 0.362 e. The van der Waals surface area contributed by atoms with Crippen LogP contribution in [0.4, 0.5) is 0 Å². The average molecular weight is 206 g/mol. The molecular weight excluding hydrogens is 184 g/mol. The first-order valence-corrected chi connectivity index (χ1v) is 6.52. The highest BCUT2D eigenvalue weighted by molar-refractivity contribution is 5.36. The van der Waals surface area contributed by atoms with Crippen molar-refractivity contribution < 1.29 is 4.74 Å². The van der Waals surface area contributed by atoms with Gasteiger partial charge in [0.25, 0.3) is 0 Å². The van der Waals surface area contributed by atoms with Gasteiger partial charge in [0.05, 0.1) is 5.60 Å². The Kier molecular flexibility index (Phi) is 1.16. The number of epoxide rings is 1. The molecule has 15 heavy (non-hydrogen) atoms. The molecule has 84 valence electrons. The average Bonchev–Trinajstić information content (AvgIpc) is 2.85. The Morgan fingerprint density at radius 1 is 1.00 bits per heavy atom. The lowest BCUT2D eigenvalue weighted by molar-refractivity contribution is 0.0158. The van der Waals surface area contributed by atoms with Crippen LogP contribution in [0.3, 0.4) is 0 Å². The van der Waals surface area contributed by atoms with E-state index < -0.39 is 0 Å². The van der Waals surface area contributed by atoms with Crippen molar-refractivity contribution in [3.05, 3.63) is 0 Å². The number of ether oxygens (including phenoxy) is 1. The van der Waals surface area contributed by atoms with Crippen LogP contribution in [-0.2, 0) is 4.74 Å². The molecule has 0 aromatic rings. The summed E-state index contributed by atoms with van der Waals surface area (Å²) < 4.78 is 6.24. The first kappa shape index (κ1) is 9.04. The van der Waals surface area contributed by atoms with E-state index in [4.69, 9.17) is 4.74 Å². The van der Waals surface area contributed by atoms with E-state index in [1.807, 2.05) is 0 Å². The first-order valence-electron chi connectivity index (χ1n) is 6.52. The van der Waals surface area contributed by atoms with E-state index in [2.05, 4.69) is 27.7 Å². The molecule has 1 heteroatoms. The lowest BCUT2D eigenvalue weighted by atomic mass is 9.58. The third-order valence-corrected chi connectivity index (χ3v) is 6.13. The van der Waals surface area contributed by atoms with Gasteiger partial charge in [0.2, 0.25) is 0 Å². The summed E-state index contributed by atoms with van der Waals surface area (Å²) >= 11 is 0. The Hall–Kier alpha value is -0.0400. The molecule has 0 amide bonds. The molecule has 0 unspecified atom stereocenters. The van der Waals surface area contributed by atoms with E-state index in [1.165, 1.54) is 25.7 Å². The molecule has 4 rings (SSSR count). The Balaban J connectivity index is 1.61. The molecule has 0 aromatic carbocycles. The van der Waals surface area contributed by atoms with E-state index in [0.29, 0.717) is 22.0 Å². The number of fused-ring (bicyclic) bond motifs is 3. The van der Waals surface area contributed by atoms with Crippen LogP contribution < -0.4 is 0 Å². The van der Waals surface area contributed by atoms with Gasteiger partial charge in [-0.05, 0) is 55.3 Å². The van der Waals surface area contributed by atoms with Crippen LogP contribution in [0.25, 0.3) is 0 Å². The minimum Gasteiger partial charge on any atom is -0.362 e. The molecule has 1 nitrogen and oxygen atoms in total. The van der Waals surface area contributed by atoms with Gasteiger partial charge in [0.15, 0.2) is 0 Å². The molecule has 0 spiro atoms. The third kappa shape index (κ3) is 0.800. The van der Waals surface area contributed by atoms with Crippen LogP contribution in [0.1, 0.15) is 53.4 Å². The second-order valence-electron chi connectivity index (χ2n) is 7.96. The highest BCUT2D eigenvalue weighted by Crippen LogP contribution is 2.83. The maximum atomic E-state index is 6.24. The standard InChI is InChI=1S/C14H22O/c1-11(2)5-9(6-11)14-8-12(3)7-10(12)13(14,4)15-14/h9-10H,5-8H2,1-4H3/t10-,12-,13+,14+/m0/s1. The van der Waals surface area contributed by atoms with Crippen LogP contribution >= 0.6 is 0 Å². The zero-order chi connectivity index (χ0) is 10.7. The molecule has 1 heterocycles. The molecule has 1 saturated heterocycles. The van der Waals surface area contributed by atoms with E-state index >= 15 is 0 Å². The van der Waals surface area contributed by atoms with Crippen LogP contribution in [-0.4, -0.2) is 11.2 Å². The van der Waals surface area contributed by atoms with Crippen LogP contribution in [0.2, 0.25) is 0 Å². The fourth-order valence-corrected chi connectivity index (χ4v) is 5.23. The summed E-state index contributed by atoms with van der Waals surface area (Å²) in [5.74, 6) is 1.77. The summed E-state index contributed by atoms with van der Waals surface area (Å²) in [4.78, 5) is 0. The van der Waals surface area contributed by atoms with Crippen LogP contribution in [0, 0.1) is 22.7 Å². The van der Waals surface area contributed by atoms with Crippen molar-refractivity contribution in [2.45, 2.75) is 64.6 Å². The molecular formula is C14H22O. The SMILES string of the molecule is CC1(C)CC([C@]23C[C@]4(C)C[C@@H]4[C@@]2(C)O3)C1. The second kappa shape index (κ2) is 1.92. The molecule has 0 bridgehead atoms. The van der Waals surface area contributed by atoms with Crippen molar-refractivity contribution in [1.29, 1.82) is 0 Å². The number of hydrogen-bond donors (Lipinski definition) is 0. The van der Waals surface area contributed by atoms with Crippen LogP contribution in [0.15, 0.2) is 0 Å². The van der Waals surface area contributed by atoms with Gasteiger partial charge in [0, 0.05) is 0 Å². The highest BCUT2D eigenvalue weighted by Gasteiger charge is 2.87. The van der Waals surface area contributed by atoms with E-state index in [-0.39, 0.29) is 0 Å². The quantitative estimate of drug-likeness (QED) is 0.599. The van der Waals surface area contributed by atoms with E-state index in [0.717, 1.165) is 11.8 Å². The molecule has 0 radical (unpaired) electrons. The van der Waals surface area contributed by atoms with Gasteiger partial charge in [-0.1, -0.05) is 20.8 Å². The van der Waals surface area contributed by atoms with Gasteiger partial charge in [-0.25, -0.2) is 0 Å². The van der Waals surface area contributed by atoms with Gasteiger partial charge < -0.3 is 4.74 Å². The molecule has 3 aliphatic carbocycles. The van der Waals surface area contributed by atoms with Gasteiger partial charge in [-0.15, -0.1) is 0 Å². The fraction of sp³-hybridized carbons (Fsp3) is 1.00. The molecule has 3 saturated carbocycles. The van der Waals surface area contributed by atoms with Crippen LogP contribution in [0.5, 0.6) is 0 Å². The minimum absolute atomic E-state index is 0.295. The molecule has 0 aromatic heterocycles. The molecule has 4 atom stereocenters. The predicted molar refractivity (Wildman–Crippen MR) is 59.6 cm³/mol. The second-order valence-corrected chi connectivity index (χ2v) is 7.96. The lowest BCUT2D eigenvalue weighted by Gasteiger charge is -2.46. The zero-order valence-electron chi connectivity index (χ0n) is 10.4. The predicted octanol–water partition coefficient (Wildman–Crippen LogP) is 3.38. The lowest BCUT2D eigenvalue weighted by Crippen LogP contribution is -2.43. The molecule has 4 fully saturated rings. The Bertz CT molecular complexity index is 352. The molecule has 1 aliphatic heterocycles. The highest BCUT2D eigenvalue weighted by atomic mass is 16.6. The summed E-state index contributed by atoms with van der Waals surface area (Å²) in [5, 5.41) is 0. The van der Waals surface area contributed by atoms with E-state index in [9.17, 15) is 0 Å². The Morgan fingerprint density at radius 3 is 2.13 bits per heavy atom. The van der Waals surface area contributed by atoms with Crippen molar-refractivity contribution in [2.24, 2.45) is 22.7 Å². The van der Waals surface area contributed by atoms with E-state index in [1.54, 1.807) is 0 Å². The summed E-state index contributed by atoms with van der Waals surface area (Å²) in [6.45, 7) is 9.67. The number of hydrogen-bond acceptors (Lipinski definition) is 1. The summed E-state index contributed by atoms with van der Waals surface area (Å²) in [7, 11) is 0. The number of rotatable bonds is 1. The summed E-state index contributed by atoms with van der Waals surface area (Å²) in [5.41, 5.74) is 1.90. The van der Waals surface area contributed by atoms with Crippen molar-refractivity contribution in [3.63, 3.8) is 0 Å². The smallest absolute Gasteiger partial charge is 0.101 e. The zero-order valence-corrected chi connectivity index (χ0v) is 10.4. The van der Waals surface area contributed by atoms with Crippen molar-refractivity contribution >= 4 is 0 Å². The van der Waals surface area contributed by atoms with Crippen molar-refractivity contribution in [2.75, 3.05) is 0 Å².